The maximum atomic E-state index is 6.05. The Bertz CT molecular complexity index is 962. The number of thiazole rings is 1. The molecule has 0 amide bonds. The molecule has 4 rings (SSSR count). The summed E-state index contributed by atoms with van der Waals surface area (Å²) in [6.45, 7) is 12.5. The molecule has 1 aliphatic rings. The number of nitrogens with zero attached hydrogens (tertiary/aromatic N) is 5. The largest absolute Gasteiger partial charge is 0.369 e. The van der Waals surface area contributed by atoms with E-state index in [0.29, 0.717) is 6.61 Å². The minimum absolute atomic E-state index is 0.0354. The van der Waals surface area contributed by atoms with Crippen LogP contribution >= 0.6 is 11.3 Å². The SMILES string of the molecule is CCn1cc(CN2CCO[C@H](c3cccc(Nc4nc(C)c(C)s4)n3)C2)c(C)n1. The topological polar surface area (TPSA) is 68.1 Å². The monoisotopic (exact) mass is 412 g/mol. The molecule has 1 atom stereocenters. The van der Waals surface area contributed by atoms with Gasteiger partial charge in [-0.25, -0.2) is 9.97 Å². The van der Waals surface area contributed by atoms with Gasteiger partial charge in [0.1, 0.15) is 11.9 Å². The van der Waals surface area contributed by atoms with Crippen LogP contribution in [0.3, 0.4) is 0 Å². The molecule has 7 nitrogen and oxygen atoms in total. The second kappa shape index (κ2) is 8.61. The van der Waals surface area contributed by atoms with Gasteiger partial charge in [0.25, 0.3) is 0 Å². The summed E-state index contributed by atoms with van der Waals surface area (Å²) in [5, 5.41) is 8.77. The Labute approximate surface area is 175 Å². The molecule has 29 heavy (non-hydrogen) atoms. The molecule has 1 saturated heterocycles. The third-order valence-electron chi connectivity index (χ3n) is 5.28. The van der Waals surface area contributed by atoms with Crippen molar-refractivity contribution in [3.8, 4) is 0 Å². The summed E-state index contributed by atoms with van der Waals surface area (Å²) in [7, 11) is 0. The summed E-state index contributed by atoms with van der Waals surface area (Å²) >= 11 is 1.65. The van der Waals surface area contributed by atoms with E-state index >= 15 is 0 Å². The van der Waals surface area contributed by atoms with Crippen LogP contribution in [0.15, 0.2) is 24.4 Å². The molecule has 1 N–H and O–H groups in total. The Morgan fingerprint density at radius 1 is 1.21 bits per heavy atom. The lowest BCUT2D eigenvalue weighted by molar-refractivity contribution is -0.0349. The van der Waals surface area contributed by atoms with Crippen molar-refractivity contribution >= 4 is 22.3 Å². The molecular weight excluding hydrogens is 384 g/mol. The van der Waals surface area contributed by atoms with Crippen LogP contribution in [0, 0.1) is 20.8 Å². The molecule has 0 aliphatic carbocycles. The Kier molecular flexibility index (Phi) is 5.94. The van der Waals surface area contributed by atoms with Gasteiger partial charge >= 0.3 is 0 Å². The van der Waals surface area contributed by atoms with Gasteiger partial charge in [-0.05, 0) is 39.8 Å². The predicted octanol–water partition coefficient (Wildman–Crippen LogP) is 4.00. The average Bonchev–Trinajstić information content (AvgIpc) is 3.23. The highest BCUT2D eigenvalue weighted by Gasteiger charge is 2.24. The van der Waals surface area contributed by atoms with Crippen LogP contribution < -0.4 is 5.32 Å². The van der Waals surface area contributed by atoms with E-state index in [1.807, 2.05) is 29.8 Å². The molecule has 0 saturated carbocycles. The first-order valence-electron chi connectivity index (χ1n) is 10.1. The first kappa shape index (κ1) is 20.0. The molecule has 3 aromatic rings. The van der Waals surface area contributed by atoms with Gasteiger partial charge in [0.05, 0.1) is 23.7 Å². The second-order valence-corrected chi connectivity index (χ2v) is 8.63. The van der Waals surface area contributed by atoms with Gasteiger partial charge in [0.15, 0.2) is 5.13 Å². The van der Waals surface area contributed by atoms with Gasteiger partial charge in [0, 0.05) is 42.8 Å². The Morgan fingerprint density at radius 3 is 2.79 bits per heavy atom. The minimum atomic E-state index is -0.0354. The van der Waals surface area contributed by atoms with E-state index in [4.69, 9.17) is 9.72 Å². The van der Waals surface area contributed by atoms with Crippen LogP contribution in [0.1, 0.15) is 40.6 Å². The number of morpholine rings is 1. The van der Waals surface area contributed by atoms with E-state index in [1.165, 1.54) is 10.4 Å². The fourth-order valence-corrected chi connectivity index (χ4v) is 4.30. The lowest BCUT2D eigenvalue weighted by Crippen LogP contribution is -2.38. The smallest absolute Gasteiger partial charge is 0.188 e. The number of aryl methyl sites for hydroxylation is 4. The molecule has 3 aromatic heterocycles. The standard InChI is InChI=1S/C21H28N6OS/c1-5-27-12-17(15(3)25-27)11-26-9-10-28-19(13-26)18-7-6-8-20(23-18)24-21-22-14(2)16(4)29-21/h6-8,12,19H,5,9-11,13H2,1-4H3,(H,22,23,24)/t19-/m0/s1. The van der Waals surface area contributed by atoms with E-state index in [9.17, 15) is 0 Å². The number of ether oxygens (including phenoxy) is 1. The first-order chi connectivity index (χ1) is 14.0. The average molecular weight is 413 g/mol. The van der Waals surface area contributed by atoms with Gasteiger partial charge in [-0.2, -0.15) is 5.10 Å². The highest BCUT2D eigenvalue weighted by molar-refractivity contribution is 7.15. The van der Waals surface area contributed by atoms with Crippen LogP contribution in [0.5, 0.6) is 0 Å². The highest BCUT2D eigenvalue weighted by Crippen LogP contribution is 2.27. The van der Waals surface area contributed by atoms with E-state index in [-0.39, 0.29) is 6.10 Å². The lowest BCUT2D eigenvalue weighted by atomic mass is 10.1. The molecule has 154 valence electrons. The van der Waals surface area contributed by atoms with Crippen molar-refractivity contribution in [2.45, 2.75) is 46.9 Å². The van der Waals surface area contributed by atoms with Crippen molar-refractivity contribution in [2.75, 3.05) is 25.0 Å². The van der Waals surface area contributed by atoms with Crippen molar-refractivity contribution in [3.63, 3.8) is 0 Å². The summed E-state index contributed by atoms with van der Waals surface area (Å²) in [5.74, 6) is 0.803. The highest BCUT2D eigenvalue weighted by atomic mass is 32.1. The minimum Gasteiger partial charge on any atom is -0.369 e. The van der Waals surface area contributed by atoms with Crippen molar-refractivity contribution in [2.24, 2.45) is 0 Å². The maximum Gasteiger partial charge on any atom is 0.188 e. The Hall–Kier alpha value is -2.29. The van der Waals surface area contributed by atoms with E-state index in [0.717, 1.165) is 54.2 Å². The maximum absolute atomic E-state index is 6.05. The van der Waals surface area contributed by atoms with Crippen LogP contribution in [-0.2, 0) is 17.8 Å². The Morgan fingerprint density at radius 2 is 2.07 bits per heavy atom. The zero-order valence-corrected chi connectivity index (χ0v) is 18.3. The normalized spacial score (nSPS) is 17.6. The van der Waals surface area contributed by atoms with Crippen molar-refractivity contribution in [3.05, 3.63) is 51.9 Å². The first-order valence-corrected chi connectivity index (χ1v) is 10.9. The zero-order chi connectivity index (χ0) is 20.4. The molecule has 1 fully saturated rings. The predicted molar refractivity (Wildman–Crippen MR) is 116 cm³/mol. The summed E-state index contributed by atoms with van der Waals surface area (Å²) in [5.41, 5.74) is 4.39. The number of rotatable bonds is 6. The Balaban J connectivity index is 1.44. The van der Waals surface area contributed by atoms with Gasteiger partial charge in [-0.3, -0.25) is 9.58 Å². The molecule has 0 aromatic carbocycles. The summed E-state index contributed by atoms with van der Waals surface area (Å²) in [6.07, 6.45) is 2.12. The van der Waals surface area contributed by atoms with Gasteiger partial charge in [-0.15, -0.1) is 11.3 Å². The zero-order valence-electron chi connectivity index (χ0n) is 17.5. The molecule has 1 aliphatic heterocycles. The number of anilines is 2. The lowest BCUT2D eigenvalue weighted by Gasteiger charge is -2.32. The second-order valence-electron chi connectivity index (χ2n) is 7.42. The summed E-state index contributed by atoms with van der Waals surface area (Å²) in [6, 6.07) is 6.03. The van der Waals surface area contributed by atoms with Crippen LogP contribution in [-0.4, -0.2) is 44.3 Å². The van der Waals surface area contributed by atoms with Gasteiger partial charge < -0.3 is 10.1 Å². The summed E-state index contributed by atoms with van der Waals surface area (Å²) < 4.78 is 8.05. The molecule has 4 heterocycles. The van der Waals surface area contributed by atoms with Gasteiger partial charge in [-0.1, -0.05) is 6.07 Å². The molecule has 0 bridgehead atoms. The number of hydrogen-bond donors (Lipinski definition) is 1. The van der Waals surface area contributed by atoms with E-state index in [1.54, 1.807) is 11.3 Å². The fraction of sp³-hybridized carbons (Fsp3) is 0.476. The number of nitrogens with one attached hydrogen (secondary N) is 1. The van der Waals surface area contributed by atoms with E-state index < -0.39 is 0 Å². The molecule has 0 radical (unpaired) electrons. The number of hydrogen-bond acceptors (Lipinski definition) is 7. The number of aromatic nitrogens is 4. The van der Waals surface area contributed by atoms with Gasteiger partial charge in [0.2, 0.25) is 0 Å². The fourth-order valence-electron chi connectivity index (χ4n) is 3.48. The van der Waals surface area contributed by atoms with Crippen molar-refractivity contribution < 1.29 is 4.74 Å². The van der Waals surface area contributed by atoms with Crippen molar-refractivity contribution in [1.29, 1.82) is 0 Å². The molecular formula is C21H28N6OS. The molecule has 0 spiro atoms. The quantitative estimate of drug-likeness (QED) is 0.660. The van der Waals surface area contributed by atoms with Crippen molar-refractivity contribution in [1.82, 2.24) is 24.6 Å². The number of pyridine rings is 1. The summed E-state index contributed by atoms with van der Waals surface area (Å²) in [4.78, 5) is 13.0. The van der Waals surface area contributed by atoms with E-state index in [2.05, 4.69) is 47.3 Å². The third-order valence-corrected chi connectivity index (χ3v) is 6.27. The van der Waals surface area contributed by atoms with Crippen LogP contribution in [0.4, 0.5) is 10.9 Å². The van der Waals surface area contributed by atoms with Crippen LogP contribution in [0.25, 0.3) is 0 Å². The molecule has 8 heteroatoms. The third kappa shape index (κ3) is 4.66. The van der Waals surface area contributed by atoms with Crippen LogP contribution in [0.2, 0.25) is 0 Å². The molecule has 0 unspecified atom stereocenters.